The second kappa shape index (κ2) is 6.10. The third-order valence-corrected chi connectivity index (χ3v) is 3.59. The fourth-order valence-electron chi connectivity index (χ4n) is 2.55. The minimum atomic E-state index is -0.250. The van der Waals surface area contributed by atoms with Gasteiger partial charge in [-0.15, -0.1) is 0 Å². The number of halogens is 1. The smallest absolute Gasteiger partial charge is 0.311 e. The van der Waals surface area contributed by atoms with Crippen LogP contribution in [-0.4, -0.2) is 18.3 Å². The molecule has 2 aromatic carbocycles. The summed E-state index contributed by atoms with van der Waals surface area (Å²) in [5.41, 5.74) is 4.73. The fourth-order valence-corrected chi connectivity index (χ4v) is 2.55. The van der Waals surface area contributed by atoms with E-state index in [4.69, 9.17) is 4.74 Å². The molecule has 1 aliphatic rings. The Balaban J connectivity index is 1.81. The highest BCUT2D eigenvalue weighted by Crippen LogP contribution is 2.32. The van der Waals surface area contributed by atoms with E-state index < -0.39 is 0 Å². The van der Waals surface area contributed by atoms with Crippen molar-refractivity contribution in [2.24, 2.45) is 4.99 Å². The van der Waals surface area contributed by atoms with Gasteiger partial charge in [-0.1, -0.05) is 24.3 Å². The van der Waals surface area contributed by atoms with Gasteiger partial charge in [0, 0.05) is 12.1 Å². The Hall–Kier alpha value is -2.49. The molecule has 1 aliphatic heterocycles. The Morgan fingerprint density at radius 3 is 2.64 bits per heavy atom. The van der Waals surface area contributed by atoms with Crippen LogP contribution in [-0.2, 0) is 16.0 Å². The molecular formula is C18H16FNO2. The summed E-state index contributed by atoms with van der Waals surface area (Å²) in [5.74, 6) is -0.493. The maximum Gasteiger partial charge on any atom is 0.311 e. The van der Waals surface area contributed by atoms with Gasteiger partial charge in [-0.3, -0.25) is 9.79 Å². The summed E-state index contributed by atoms with van der Waals surface area (Å²) in [6, 6.07) is 12.4. The zero-order valence-corrected chi connectivity index (χ0v) is 12.3. The highest BCUT2D eigenvalue weighted by Gasteiger charge is 2.18. The van der Waals surface area contributed by atoms with Crippen LogP contribution in [0.25, 0.3) is 11.1 Å². The SMILES string of the molecule is CCOC(=O)CC1=Nc2cc(-c3ccc(F)cc3)ccc2C1. The van der Waals surface area contributed by atoms with E-state index in [9.17, 15) is 9.18 Å². The van der Waals surface area contributed by atoms with Crippen molar-refractivity contribution >= 4 is 17.4 Å². The van der Waals surface area contributed by atoms with Crippen LogP contribution in [0.15, 0.2) is 47.5 Å². The highest BCUT2D eigenvalue weighted by atomic mass is 19.1. The molecular weight excluding hydrogens is 281 g/mol. The van der Waals surface area contributed by atoms with Gasteiger partial charge in [-0.05, 0) is 41.8 Å². The Bertz CT molecular complexity index is 735. The van der Waals surface area contributed by atoms with Gasteiger partial charge in [0.2, 0.25) is 0 Å². The van der Waals surface area contributed by atoms with E-state index >= 15 is 0 Å². The summed E-state index contributed by atoms with van der Waals surface area (Å²) < 4.78 is 17.9. The van der Waals surface area contributed by atoms with Crippen molar-refractivity contribution in [2.45, 2.75) is 19.8 Å². The molecule has 0 bridgehead atoms. The van der Waals surface area contributed by atoms with Crippen LogP contribution in [0.4, 0.5) is 10.1 Å². The number of aliphatic imine (C=N–C) groups is 1. The summed E-state index contributed by atoms with van der Waals surface area (Å²) >= 11 is 0. The number of ether oxygens (including phenoxy) is 1. The molecule has 3 nitrogen and oxygen atoms in total. The molecule has 0 aromatic heterocycles. The third-order valence-electron chi connectivity index (χ3n) is 3.59. The predicted octanol–water partition coefficient (Wildman–Crippen LogP) is 4.07. The number of benzene rings is 2. The molecule has 0 amide bonds. The van der Waals surface area contributed by atoms with Crippen LogP contribution >= 0.6 is 0 Å². The first-order valence-corrected chi connectivity index (χ1v) is 7.26. The standard InChI is InChI=1S/C18H16FNO2/c1-2-22-18(21)11-16-9-14-4-3-13(10-17(14)20-16)12-5-7-15(19)8-6-12/h3-8,10H,2,9,11H2,1H3. The number of rotatable bonds is 4. The van der Waals surface area contributed by atoms with Gasteiger partial charge in [0.1, 0.15) is 5.82 Å². The topological polar surface area (TPSA) is 38.7 Å². The normalized spacial score (nSPS) is 12.7. The van der Waals surface area contributed by atoms with Crippen molar-refractivity contribution in [2.75, 3.05) is 6.61 Å². The molecule has 4 heteroatoms. The molecule has 0 saturated carbocycles. The van der Waals surface area contributed by atoms with E-state index in [1.807, 2.05) is 18.2 Å². The molecule has 2 aromatic rings. The van der Waals surface area contributed by atoms with Crippen LogP contribution in [0.1, 0.15) is 18.9 Å². The van der Waals surface area contributed by atoms with E-state index in [1.165, 1.54) is 12.1 Å². The highest BCUT2D eigenvalue weighted by molar-refractivity contribution is 6.04. The minimum Gasteiger partial charge on any atom is -0.466 e. The average Bonchev–Trinajstić information content (AvgIpc) is 2.89. The summed E-state index contributed by atoms with van der Waals surface area (Å²) in [5, 5.41) is 0. The van der Waals surface area contributed by atoms with E-state index in [-0.39, 0.29) is 18.2 Å². The number of carbonyl (C=O) groups excluding carboxylic acids is 1. The van der Waals surface area contributed by atoms with Gasteiger partial charge in [0.25, 0.3) is 0 Å². The number of nitrogens with zero attached hydrogens (tertiary/aromatic N) is 1. The molecule has 1 heterocycles. The lowest BCUT2D eigenvalue weighted by Gasteiger charge is -2.04. The minimum absolute atomic E-state index is 0.231. The van der Waals surface area contributed by atoms with Crippen molar-refractivity contribution < 1.29 is 13.9 Å². The van der Waals surface area contributed by atoms with Crippen LogP contribution in [0.3, 0.4) is 0 Å². The Morgan fingerprint density at radius 2 is 1.91 bits per heavy atom. The van der Waals surface area contributed by atoms with Gasteiger partial charge in [-0.2, -0.15) is 0 Å². The molecule has 0 fully saturated rings. The van der Waals surface area contributed by atoms with Crippen LogP contribution in [0.5, 0.6) is 0 Å². The van der Waals surface area contributed by atoms with Crippen molar-refractivity contribution in [1.82, 2.24) is 0 Å². The summed E-state index contributed by atoms with van der Waals surface area (Å²) in [4.78, 5) is 16.1. The van der Waals surface area contributed by atoms with Gasteiger partial charge in [-0.25, -0.2) is 4.39 Å². The number of hydrogen-bond acceptors (Lipinski definition) is 3. The quantitative estimate of drug-likeness (QED) is 0.798. The Kier molecular flexibility index (Phi) is 4.00. The zero-order chi connectivity index (χ0) is 15.5. The first kappa shape index (κ1) is 14.4. The maximum atomic E-state index is 13.0. The fraction of sp³-hybridized carbons (Fsp3) is 0.222. The second-order valence-electron chi connectivity index (χ2n) is 5.19. The van der Waals surface area contributed by atoms with Gasteiger partial charge < -0.3 is 4.74 Å². The number of hydrogen-bond donors (Lipinski definition) is 0. The van der Waals surface area contributed by atoms with Crippen LogP contribution in [0, 0.1) is 5.82 Å². The number of fused-ring (bicyclic) bond motifs is 1. The van der Waals surface area contributed by atoms with E-state index in [2.05, 4.69) is 4.99 Å². The number of carbonyl (C=O) groups is 1. The Labute approximate surface area is 128 Å². The number of esters is 1. The van der Waals surface area contributed by atoms with Crippen molar-refractivity contribution in [1.29, 1.82) is 0 Å². The van der Waals surface area contributed by atoms with E-state index in [0.29, 0.717) is 13.0 Å². The summed E-state index contributed by atoms with van der Waals surface area (Å²) in [6.07, 6.45) is 0.909. The monoisotopic (exact) mass is 297 g/mol. The first-order chi connectivity index (χ1) is 10.7. The molecule has 3 rings (SSSR count). The van der Waals surface area contributed by atoms with Gasteiger partial charge in [0.05, 0.1) is 18.7 Å². The largest absolute Gasteiger partial charge is 0.466 e. The lowest BCUT2D eigenvalue weighted by Crippen LogP contribution is -2.10. The third kappa shape index (κ3) is 3.06. The first-order valence-electron chi connectivity index (χ1n) is 7.26. The summed E-state index contributed by atoms with van der Waals surface area (Å²) in [6.45, 7) is 2.17. The molecule has 0 radical (unpaired) electrons. The lowest BCUT2D eigenvalue weighted by molar-refractivity contribution is -0.141. The maximum absolute atomic E-state index is 13.0. The molecule has 112 valence electrons. The van der Waals surface area contributed by atoms with Crippen molar-refractivity contribution in [3.05, 3.63) is 53.8 Å². The lowest BCUT2D eigenvalue weighted by atomic mass is 10.0. The molecule has 0 unspecified atom stereocenters. The van der Waals surface area contributed by atoms with Crippen molar-refractivity contribution in [3.8, 4) is 11.1 Å². The Morgan fingerprint density at radius 1 is 1.18 bits per heavy atom. The molecule has 22 heavy (non-hydrogen) atoms. The summed E-state index contributed by atoms with van der Waals surface area (Å²) in [7, 11) is 0. The average molecular weight is 297 g/mol. The zero-order valence-electron chi connectivity index (χ0n) is 12.3. The van der Waals surface area contributed by atoms with Crippen molar-refractivity contribution in [3.63, 3.8) is 0 Å². The molecule has 0 aliphatic carbocycles. The molecule has 0 atom stereocenters. The van der Waals surface area contributed by atoms with Gasteiger partial charge in [0.15, 0.2) is 0 Å². The predicted molar refractivity (Wildman–Crippen MR) is 83.9 cm³/mol. The molecule has 0 spiro atoms. The molecule has 0 saturated heterocycles. The molecule has 0 N–H and O–H groups in total. The van der Waals surface area contributed by atoms with E-state index in [1.54, 1.807) is 19.1 Å². The van der Waals surface area contributed by atoms with Crippen LogP contribution in [0.2, 0.25) is 0 Å². The van der Waals surface area contributed by atoms with Gasteiger partial charge >= 0.3 is 5.97 Å². The second-order valence-corrected chi connectivity index (χ2v) is 5.19. The van der Waals surface area contributed by atoms with E-state index in [0.717, 1.165) is 28.1 Å². The van der Waals surface area contributed by atoms with Crippen LogP contribution < -0.4 is 0 Å².